The lowest BCUT2D eigenvalue weighted by Crippen LogP contribution is -2.06. The Morgan fingerprint density at radius 1 is 1.42 bits per heavy atom. The molecule has 100 valence electrons. The molecule has 2 aliphatic rings. The van der Waals surface area contributed by atoms with Crippen molar-refractivity contribution in [1.82, 2.24) is 0 Å². The number of nitrogens with zero attached hydrogens (tertiary/aromatic N) is 2. The van der Waals surface area contributed by atoms with Gasteiger partial charge in [0, 0.05) is 30.4 Å². The average Bonchev–Trinajstić information content (AvgIpc) is 3.13. The van der Waals surface area contributed by atoms with Gasteiger partial charge in [-0.25, -0.2) is 4.99 Å². The minimum Gasteiger partial charge on any atom is -0.381 e. The van der Waals surface area contributed by atoms with Crippen LogP contribution < -0.4 is 0 Å². The number of carbonyl (C=O) groups excluding carboxylic acids is 1. The minimum atomic E-state index is -0.477. The topological polar surface area (TPSA) is 74.9 Å². The van der Waals surface area contributed by atoms with Gasteiger partial charge in [-0.2, -0.15) is 4.99 Å². The Morgan fingerprint density at radius 3 is 2.79 bits per heavy atom. The van der Waals surface area contributed by atoms with Gasteiger partial charge in [-0.05, 0) is 37.6 Å². The summed E-state index contributed by atoms with van der Waals surface area (Å²) in [4.78, 5) is 19.5. The van der Waals surface area contributed by atoms with E-state index in [2.05, 4.69) is 27.4 Å². The number of nitrogens with one attached hydrogen (secondary N) is 1. The molecule has 1 heterocycles. The second-order valence-corrected chi connectivity index (χ2v) is 4.85. The fourth-order valence-electron chi connectivity index (χ4n) is 1.76. The molecule has 0 spiro atoms. The first-order valence-corrected chi connectivity index (χ1v) is 6.66. The molecule has 1 aliphatic carbocycles. The minimum absolute atomic E-state index is 0.0852. The van der Waals surface area contributed by atoms with Crippen molar-refractivity contribution in [2.75, 3.05) is 13.2 Å². The Labute approximate surface area is 117 Å². The number of hydrogen-bond donors (Lipinski definition) is 1. The molecule has 1 atom stereocenters. The standard InChI is InChI=1S/C13H15N3O2S/c14-11(10-1-2-10)5-12(16-8-19)13(17)15-6-9-3-4-18-7-9/h5-6,9-10,14H,1-4,7H2/b12-5+,14-11?,15-6-. The molecule has 1 N–H and O–H groups in total. The largest absolute Gasteiger partial charge is 0.381 e. The summed E-state index contributed by atoms with van der Waals surface area (Å²) < 4.78 is 5.20. The van der Waals surface area contributed by atoms with Crippen LogP contribution in [0.3, 0.4) is 0 Å². The molecule has 0 bridgehead atoms. The normalized spacial score (nSPS) is 23.4. The van der Waals surface area contributed by atoms with Crippen LogP contribution in [0.1, 0.15) is 19.3 Å². The third-order valence-corrected chi connectivity index (χ3v) is 3.15. The van der Waals surface area contributed by atoms with Crippen molar-refractivity contribution < 1.29 is 9.53 Å². The maximum absolute atomic E-state index is 11.9. The molecule has 1 unspecified atom stereocenters. The van der Waals surface area contributed by atoms with E-state index in [1.807, 2.05) is 0 Å². The fraction of sp³-hybridized carbons (Fsp3) is 0.538. The molecule has 0 aromatic rings. The highest BCUT2D eigenvalue weighted by molar-refractivity contribution is 7.78. The highest BCUT2D eigenvalue weighted by Crippen LogP contribution is 2.30. The number of hydrogen-bond acceptors (Lipinski definition) is 5. The van der Waals surface area contributed by atoms with Crippen LogP contribution in [0, 0.1) is 17.2 Å². The summed E-state index contributed by atoms with van der Waals surface area (Å²) in [5, 5.41) is 9.95. The van der Waals surface area contributed by atoms with Crippen LogP contribution in [0.15, 0.2) is 21.8 Å². The van der Waals surface area contributed by atoms with E-state index < -0.39 is 5.91 Å². The van der Waals surface area contributed by atoms with E-state index >= 15 is 0 Å². The molecule has 1 amide bonds. The Balaban J connectivity index is 2.02. The van der Waals surface area contributed by atoms with E-state index in [1.54, 1.807) is 6.21 Å². The Morgan fingerprint density at radius 2 is 2.21 bits per heavy atom. The van der Waals surface area contributed by atoms with Gasteiger partial charge in [0.1, 0.15) is 5.70 Å². The predicted octanol–water partition coefficient (Wildman–Crippen LogP) is 2.04. The van der Waals surface area contributed by atoms with E-state index in [4.69, 9.17) is 10.1 Å². The first kappa shape index (κ1) is 13.9. The summed E-state index contributed by atoms with van der Waals surface area (Å²) in [6, 6.07) is 0. The van der Waals surface area contributed by atoms with Crippen molar-refractivity contribution in [2.24, 2.45) is 21.8 Å². The molecule has 0 radical (unpaired) electrons. The second kappa shape index (κ2) is 6.61. The maximum atomic E-state index is 11.9. The number of rotatable bonds is 5. The Hall–Kier alpha value is -1.49. The van der Waals surface area contributed by atoms with Crippen LogP contribution in [0.5, 0.6) is 0 Å². The summed E-state index contributed by atoms with van der Waals surface area (Å²) in [6.45, 7) is 1.31. The van der Waals surface area contributed by atoms with Crippen molar-refractivity contribution in [3.8, 4) is 0 Å². The highest BCUT2D eigenvalue weighted by atomic mass is 32.1. The molecular formula is C13H15N3O2S. The van der Waals surface area contributed by atoms with Crippen LogP contribution in [-0.4, -0.2) is 36.2 Å². The van der Waals surface area contributed by atoms with Crippen LogP contribution >= 0.6 is 12.2 Å². The molecule has 0 aromatic carbocycles. The summed E-state index contributed by atoms with van der Waals surface area (Å²) >= 11 is 4.52. The number of thiocarbonyl (C=S) groups is 1. The zero-order valence-electron chi connectivity index (χ0n) is 10.5. The first-order valence-electron chi connectivity index (χ1n) is 6.25. The number of allylic oxidation sites excluding steroid dienone is 1. The summed E-state index contributed by atoms with van der Waals surface area (Å²) in [7, 11) is 0. The van der Waals surface area contributed by atoms with Gasteiger partial charge in [-0.1, -0.05) is 0 Å². The number of isothiocyanates is 1. The van der Waals surface area contributed by atoms with Gasteiger partial charge in [-0.3, -0.25) is 4.79 Å². The van der Waals surface area contributed by atoms with Crippen LogP contribution in [0.2, 0.25) is 0 Å². The van der Waals surface area contributed by atoms with Crippen LogP contribution in [0.25, 0.3) is 0 Å². The van der Waals surface area contributed by atoms with E-state index in [9.17, 15) is 4.79 Å². The third kappa shape index (κ3) is 4.28. The Bertz CT molecular complexity index is 482. The molecule has 6 heteroatoms. The number of aliphatic imine (C=N–C) groups is 2. The molecule has 5 nitrogen and oxygen atoms in total. The van der Waals surface area contributed by atoms with Crippen LogP contribution in [0.4, 0.5) is 0 Å². The van der Waals surface area contributed by atoms with Crippen molar-refractivity contribution in [2.45, 2.75) is 19.3 Å². The lowest BCUT2D eigenvalue weighted by Gasteiger charge is -1.99. The van der Waals surface area contributed by atoms with Gasteiger partial charge >= 0.3 is 0 Å². The molecule has 2 rings (SSSR count). The quantitative estimate of drug-likeness (QED) is 0.474. The first-order chi connectivity index (χ1) is 9.20. The SMILES string of the molecule is N=C(/C=C(/N=C=S)C(=O)/N=C\C1CCOC1)C1CC1. The molecule has 2 fully saturated rings. The molecular weight excluding hydrogens is 262 g/mol. The molecule has 1 saturated carbocycles. The van der Waals surface area contributed by atoms with E-state index in [0.29, 0.717) is 18.9 Å². The van der Waals surface area contributed by atoms with E-state index in [1.165, 1.54) is 6.08 Å². The van der Waals surface area contributed by atoms with Gasteiger partial charge in [0.05, 0.1) is 11.8 Å². The van der Waals surface area contributed by atoms with Gasteiger partial charge in [0.15, 0.2) is 0 Å². The predicted molar refractivity (Wildman–Crippen MR) is 76.0 cm³/mol. The molecule has 0 aromatic heterocycles. The van der Waals surface area contributed by atoms with Gasteiger partial charge in [0.25, 0.3) is 5.91 Å². The van der Waals surface area contributed by atoms with Gasteiger partial charge in [-0.15, -0.1) is 0 Å². The zero-order valence-corrected chi connectivity index (χ0v) is 11.3. The average molecular weight is 277 g/mol. The van der Waals surface area contributed by atoms with E-state index in [-0.39, 0.29) is 17.5 Å². The van der Waals surface area contributed by atoms with Crippen LogP contribution in [-0.2, 0) is 9.53 Å². The molecule has 19 heavy (non-hydrogen) atoms. The maximum Gasteiger partial charge on any atom is 0.296 e. The van der Waals surface area contributed by atoms with Crippen molar-refractivity contribution >= 4 is 35.2 Å². The fourth-order valence-corrected chi connectivity index (χ4v) is 1.86. The lowest BCUT2D eigenvalue weighted by molar-refractivity contribution is -0.114. The monoisotopic (exact) mass is 277 g/mol. The summed E-state index contributed by atoms with van der Waals surface area (Å²) in [6.07, 6.45) is 5.93. The second-order valence-electron chi connectivity index (χ2n) is 4.67. The summed E-state index contributed by atoms with van der Waals surface area (Å²) in [5.74, 6) is -0.0328. The van der Waals surface area contributed by atoms with Gasteiger partial charge < -0.3 is 10.1 Å². The zero-order chi connectivity index (χ0) is 13.7. The van der Waals surface area contributed by atoms with Crippen molar-refractivity contribution in [1.29, 1.82) is 5.41 Å². The number of carbonyl (C=O) groups is 1. The number of amides is 1. The molecule has 1 aliphatic heterocycles. The van der Waals surface area contributed by atoms with Gasteiger partial charge in [0.2, 0.25) is 0 Å². The highest BCUT2D eigenvalue weighted by Gasteiger charge is 2.26. The number of ether oxygens (including phenoxy) is 1. The van der Waals surface area contributed by atoms with Crippen molar-refractivity contribution in [3.05, 3.63) is 11.8 Å². The Kier molecular flexibility index (Phi) is 4.85. The smallest absolute Gasteiger partial charge is 0.296 e. The summed E-state index contributed by atoms with van der Waals surface area (Å²) in [5.41, 5.74) is 0.499. The molecule has 1 saturated heterocycles. The van der Waals surface area contributed by atoms with E-state index in [0.717, 1.165) is 19.3 Å². The third-order valence-electron chi connectivity index (χ3n) is 3.06. The lowest BCUT2D eigenvalue weighted by atomic mass is 10.1. The van der Waals surface area contributed by atoms with Crippen molar-refractivity contribution in [3.63, 3.8) is 0 Å².